The number of nitrogens with zero attached hydrogens (tertiary/aromatic N) is 3. The summed E-state index contributed by atoms with van der Waals surface area (Å²) in [7, 11) is 0. The Morgan fingerprint density at radius 1 is 1.10 bits per heavy atom. The van der Waals surface area contributed by atoms with Gasteiger partial charge >= 0.3 is 0 Å². The molecule has 0 N–H and O–H groups in total. The van der Waals surface area contributed by atoms with Crippen LogP contribution in [0.4, 0.5) is 5.69 Å². The molecule has 1 amide bonds. The number of rotatable bonds is 2. The molecule has 2 aromatic rings. The van der Waals surface area contributed by atoms with Crippen LogP contribution in [0.15, 0.2) is 60.0 Å². The second kappa shape index (κ2) is 6.16. The maximum atomic E-state index is 11.8. The molecule has 0 saturated heterocycles. The molecule has 0 atom stereocenters. The van der Waals surface area contributed by atoms with E-state index in [1.807, 2.05) is 36.4 Å². The summed E-state index contributed by atoms with van der Waals surface area (Å²) in [5.74, 6) is 0.204. The molecule has 0 fully saturated rings. The fraction of sp³-hybridized carbons (Fsp3) is 0.0714. The molecular weight excluding hydrogens is 278 g/mol. The first-order chi connectivity index (χ1) is 9.34. The van der Waals surface area contributed by atoms with Crippen LogP contribution in [0.2, 0.25) is 0 Å². The van der Waals surface area contributed by atoms with E-state index in [2.05, 4.69) is 10.1 Å². The zero-order valence-corrected chi connectivity index (χ0v) is 11.3. The number of hydrazone groups is 1. The Morgan fingerprint density at radius 2 is 1.90 bits per heavy atom. The maximum Gasteiger partial charge on any atom is 0.285 e. The Labute approximate surface area is 122 Å². The Balaban J connectivity index is 0.00000147. The molecule has 20 heavy (non-hydrogen) atoms. The third kappa shape index (κ3) is 2.78. The van der Waals surface area contributed by atoms with Crippen molar-refractivity contribution >= 4 is 29.9 Å². The largest absolute Gasteiger partial charge is 0.466 e. The summed E-state index contributed by atoms with van der Waals surface area (Å²) in [5, 5.41) is 5.59. The smallest absolute Gasteiger partial charge is 0.285 e. The number of para-hydroxylation sites is 1. The molecule has 0 radical (unpaired) electrons. The number of pyridine rings is 1. The van der Waals surface area contributed by atoms with E-state index >= 15 is 0 Å². The van der Waals surface area contributed by atoms with Crippen LogP contribution in [0, 0.1) is 0 Å². The topological polar surface area (TPSA) is 54.8 Å². The highest BCUT2D eigenvalue weighted by molar-refractivity contribution is 6.04. The predicted octanol–water partition coefficient (Wildman–Crippen LogP) is 2.23. The Bertz CT molecular complexity index is 617. The van der Waals surface area contributed by atoms with E-state index < -0.39 is 0 Å². The third-order valence-corrected chi connectivity index (χ3v) is 2.67. The lowest BCUT2D eigenvalue weighted by Crippen LogP contribution is -2.36. The number of hydrogen-bond donors (Lipinski definition) is 0. The van der Waals surface area contributed by atoms with E-state index in [4.69, 9.17) is 4.74 Å². The number of ether oxygens (including phenoxy) is 1. The number of carbonyl (C=O) groups is 1. The summed E-state index contributed by atoms with van der Waals surface area (Å²) < 4.78 is 5.35. The number of amides is 1. The van der Waals surface area contributed by atoms with Crippen molar-refractivity contribution < 1.29 is 9.53 Å². The van der Waals surface area contributed by atoms with Crippen molar-refractivity contribution in [3.8, 4) is 0 Å². The Hall–Kier alpha value is -2.40. The van der Waals surface area contributed by atoms with E-state index in [0.717, 1.165) is 11.3 Å². The van der Waals surface area contributed by atoms with Gasteiger partial charge in [0.15, 0.2) is 6.61 Å². The monoisotopic (exact) mass is 289 g/mol. The van der Waals surface area contributed by atoms with Gasteiger partial charge in [-0.1, -0.05) is 18.2 Å². The van der Waals surface area contributed by atoms with E-state index in [1.54, 1.807) is 18.5 Å². The zero-order valence-electron chi connectivity index (χ0n) is 10.5. The van der Waals surface area contributed by atoms with Crippen LogP contribution < -0.4 is 5.01 Å². The third-order valence-electron chi connectivity index (χ3n) is 2.67. The van der Waals surface area contributed by atoms with Crippen LogP contribution in [-0.2, 0) is 9.53 Å². The van der Waals surface area contributed by atoms with Gasteiger partial charge in [-0.3, -0.25) is 9.78 Å². The van der Waals surface area contributed by atoms with Gasteiger partial charge in [-0.15, -0.1) is 17.5 Å². The minimum absolute atomic E-state index is 0. The first kappa shape index (κ1) is 14.0. The minimum atomic E-state index is -0.196. The molecule has 0 spiro atoms. The van der Waals surface area contributed by atoms with Gasteiger partial charge in [0, 0.05) is 12.4 Å². The highest BCUT2D eigenvalue weighted by Crippen LogP contribution is 2.18. The lowest BCUT2D eigenvalue weighted by Gasteiger charge is -2.23. The molecule has 0 unspecified atom stereocenters. The molecule has 0 saturated carbocycles. The van der Waals surface area contributed by atoms with Crippen molar-refractivity contribution in [1.29, 1.82) is 0 Å². The Morgan fingerprint density at radius 3 is 2.60 bits per heavy atom. The van der Waals surface area contributed by atoms with Crippen LogP contribution in [-0.4, -0.2) is 23.4 Å². The van der Waals surface area contributed by atoms with Crippen molar-refractivity contribution in [2.75, 3.05) is 11.6 Å². The van der Waals surface area contributed by atoms with Gasteiger partial charge in [-0.2, -0.15) is 5.01 Å². The second-order valence-corrected chi connectivity index (χ2v) is 3.98. The summed E-state index contributed by atoms with van der Waals surface area (Å²) in [5.41, 5.74) is 1.47. The van der Waals surface area contributed by atoms with Gasteiger partial charge in [0.25, 0.3) is 5.91 Å². The number of anilines is 1. The first-order valence-electron chi connectivity index (χ1n) is 5.84. The van der Waals surface area contributed by atoms with Crippen LogP contribution in [0.25, 0.3) is 0 Å². The molecule has 1 aromatic heterocycles. The number of carbonyl (C=O) groups excluding carboxylic acids is 1. The van der Waals surface area contributed by atoms with Crippen LogP contribution >= 0.6 is 12.4 Å². The summed E-state index contributed by atoms with van der Waals surface area (Å²) in [6.45, 7) is -0.0252. The van der Waals surface area contributed by atoms with Crippen molar-refractivity contribution in [2.45, 2.75) is 0 Å². The predicted molar refractivity (Wildman–Crippen MR) is 77.9 cm³/mol. The molecule has 6 heteroatoms. The van der Waals surface area contributed by atoms with Crippen LogP contribution in [0.3, 0.4) is 0 Å². The molecule has 3 rings (SSSR count). The van der Waals surface area contributed by atoms with E-state index in [9.17, 15) is 4.79 Å². The molecule has 1 aliphatic rings. The minimum Gasteiger partial charge on any atom is -0.466 e. The molecule has 102 valence electrons. The number of benzene rings is 1. The second-order valence-electron chi connectivity index (χ2n) is 3.98. The summed E-state index contributed by atoms with van der Waals surface area (Å²) >= 11 is 0. The average molecular weight is 290 g/mol. The lowest BCUT2D eigenvalue weighted by molar-refractivity contribution is -0.121. The highest BCUT2D eigenvalue weighted by Gasteiger charge is 2.23. The molecule has 1 aromatic carbocycles. The normalized spacial score (nSPS) is 14.1. The summed E-state index contributed by atoms with van der Waals surface area (Å²) in [4.78, 5) is 15.9. The fourth-order valence-corrected chi connectivity index (χ4v) is 1.77. The zero-order chi connectivity index (χ0) is 13.1. The molecular formula is C14H12ClN3O2. The lowest BCUT2D eigenvalue weighted by atomic mass is 10.3. The molecule has 1 aliphatic heterocycles. The number of hydrogen-bond acceptors (Lipinski definition) is 4. The van der Waals surface area contributed by atoms with Crippen molar-refractivity contribution in [3.63, 3.8) is 0 Å². The highest BCUT2D eigenvalue weighted by atomic mass is 35.5. The van der Waals surface area contributed by atoms with E-state index in [-0.39, 0.29) is 24.9 Å². The average Bonchev–Trinajstić information content (AvgIpc) is 2.49. The van der Waals surface area contributed by atoms with Gasteiger partial charge in [-0.25, -0.2) is 0 Å². The van der Waals surface area contributed by atoms with E-state index in [1.165, 1.54) is 5.01 Å². The van der Waals surface area contributed by atoms with Crippen molar-refractivity contribution in [2.24, 2.45) is 5.10 Å². The van der Waals surface area contributed by atoms with Gasteiger partial charge in [0.05, 0.1) is 11.3 Å². The first-order valence-corrected chi connectivity index (χ1v) is 5.84. The fourth-order valence-electron chi connectivity index (χ4n) is 1.77. The van der Waals surface area contributed by atoms with Crippen molar-refractivity contribution in [1.82, 2.24) is 4.98 Å². The van der Waals surface area contributed by atoms with Gasteiger partial charge in [0.2, 0.25) is 5.90 Å². The Kier molecular flexibility index (Phi) is 4.32. The van der Waals surface area contributed by atoms with Gasteiger partial charge in [-0.05, 0) is 24.3 Å². The molecule has 0 aliphatic carbocycles. The van der Waals surface area contributed by atoms with Gasteiger partial charge < -0.3 is 4.74 Å². The van der Waals surface area contributed by atoms with Crippen molar-refractivity contribution in [3.05, 3.63) is 60.4 Å². The maximum absolute atomic E-state index is 11.8. The quantitative estimate of drug-likeness (QED) is 0.852. The molecule has 2 heterocycles. The summed E-state index contributed by atoms with van der Waals surface area (Å²) in [6, 6.07) is 12.9. The van der Waals surface area contributed by atoms with Gasteiger partial charge in [0.1, 0.15) is 0 Å². The molecule has 0 bridgehead atoms. The number of aromatic nitrogens is 1. The van der Waals surface area contributed by atoms with E-state index in [0.29, 0.717) is 5.90 Å². The standard InChI is InChI=1S/C14H11N3O2.ClH/c18-13-10-19-14(11-5-4-8-15-9-11)16-17(13)12-6-2-1-3-7-12;/h1-9H,10H2;1H. The van der Waals surface area contributed by atoms with Crippen LogP contribution in [0.1, 0.15) is 5.56 Å². The number of halogens is 1. The summed E-state index contributed by atoms with van der Waals surface area (Å²) in [6.07, 6.45) is 3.32. The molecule has 5 nitrogen and oxygen atoms in total. The SMILES string of the molecule is Cl.O=C1COC(c2cccnc2)=NN1c1ccccc1. The van der Waals surface area contributed by atoms with Crippen LogP contribution in [0.5, 0.6) is 0 Å².